The van der Waals surface area contributed by atoms with Gasteiger partial charge in [0.1, 0.15) is 12.4 Å². The monoisotopic (exact) mass is 364 g/mol. The lowest BCUT2D eigenvalue weighted by atomic mass is 10.3. The number of ether oxygens (including phenoxy) is 1. The molecule has 0 fully saturated rings. The molecule has 0 aliphatic carbocycles. The minimum Gasteiger partial charge on any atom is -0.486 e. The van der Waals surface area contributed by atoms with Crippen LogP contribution in [0.15, 0.2) is 29.2 Å². The fourth-order valence-corrected chi connectivity index (χ4v) is 5.99. The molecule has 1 aromatic rings. The van der Waals surface area contributed by atoms with E-state index in [-0.39, 0.29) is 30.5 Å². The van der Waals surface area contributed by atoms with E-state index in [1.807, 2.05) is 0 Å². The second-order valence-corrected chi connectivity index (χ2v) is 9.12. The first kappa shape index (κ1) is 19.8. The van der Waals surface area contributed by atoms with E-state index in [0.717, 1.165) is 0 Å². The van der Waals surface area contributed by atoms with Crippen molar-refractivity contribution in [3.05, 3.63) is 24.3 Å². The number of carbonyl (C=O) groups is 1. The molecule has 1 rings (SSSR count). The summed E-state index contributed by atoms with van der Waals surface area (Å²) in [5.74, 6) is 0.230. The third-order valence-corrected chi connectivity index (χ3v) is 7.52. The molecule has 0 heterocycles. The van der Waals surface area contributed by atoms with Crippen LogP contribution in [0.1, 0.15) is 20.8 Å². The van der Waals surface area contributed by atoms with E-state index in [1.54, 1.807) is 13.8 Å². The molecule has 0 bridgehead atoms. The standard InChI is InChI=1S/C14H21O7PS/c1-4-20-22(16,21-5-2)11-23(17,18)14-8-6-13(7-9-14)19-10-12(3)15/h6-9H,4-5,10-11H2,1-3H3. The van der Waals surface area contributed by atoms with Crippen LogP contribution in [-0.4, -0.2) is 39.5 Å². The Bertz CT molecular complexity index is 657. The minimum absolute atomic E-state index is 0.0210. The second kappa shape index (κ2) is 8.59. The molecule has 0 N–H and O–H groups in total. The normalized spacial score (nSPS) is 12.1. The number of rotatable bonds is 10. The van der Waals surface area contributed by atoms with E-state index >= 15 is 0 Å². The van der Waals surface area contributed by atoms with Crippen molar-refractivity contribution in [2.45, 2.75) is 25.7 Å². The first-order valence-corrected chi connectivity index (χ1v) is 10.4. The maximum atomic E-state index is 12.4. The molecule has 7 nitrogen and oxygen atoms in total. The van der Waals surface area contributed by atoms with Crippen LogP contribution in [0.2, 0.25) is 0 Å². The Labute approximate surface area is 136 Å². The topological polar surface area (TPSA) is 96.0 Å². The summed E-state index contributed by atoms with van der Waals surface area (Å²) in [6, 6.07) is 5.52. The molecule has 0 aliphatic heterocycles. The number of Topliss-reactive ketones (excluding diaryl/α,β-unsaturated/α-hetero) is 1. The number of hydrogen-bond donors (Lipinski definition) is 0. The maximum absolute atomic E-state index is 12.4. The zero-order valence-corrected chi connectivity index (χ0v) is 15.1. The van der Waals surface area contributed by atoms with Crippen molar-refractivity contribution in [2.24, 2.45) is 0 Å². The third kappa shape index (κ3) is 6.43. The summed E-state index contributed by atoms with van der Waals surface area (Å²) in [6.45, 7) is 4.70. The summed E-state index contributed by atoms with van der Waals surface area (Å²) in [5, 5.41) is 0. The lowest BCUT2D eigenvalue weighted by molar-refractivity contribution is -0.118. The van der Waals surface area contributed by atoms with Gasteiger partial charge in [0.25, 0.3) is 0 Å². The zero-order valence-electron chi connectivity index (χ0n) is 13.4. The molecule has 0 aromatic heterocycles. The molecular weight excluding hydrogens is 343 g/mol. The van der Waals surface area contributed by atoms with Crippen LogP contribution in [0.5, 0.6) is 5.75 Å². The molecule has 0 saturated carbocycles. The summed E-state index contributed by atoms with van der Waals surface area (Å²) in [6.07, 6.45) is 0. The number of hydrogen-bond acceptors (Lipinski definition) is 7. The lowest BCUT2D eigenvalue weighted by Gasteiger charge is -2.17. The van der Waals surface area contributed by atoms with Crippen molar-refractivity contribution in [1.29, 1.82) is 0 Å². The zero-order chi connectivity index (χ0) is 17.5. The maximum Gasteiger partial charge on any atom is 0.346 e. The van der Waals surface area contributed by atoms with Crippen molar-refractivity contribution < 1.29 is 31.6 Å². The molecule has 0 spiro atoms. The van der Waals surface area contributed by atoms with E-state index in [4.69, 9.17) is 13.8 Å². The minimum atomic E-state index is -3.85. The highest BCUT2D eigenvalue weighted by Gasteiger charge is 2.32. The van der Waals surface area contributed by atoms with E-state index in [1.165, 1.54) is 31.2 Å². The van der Waals surface area contributed by atoms with Crippen LogP contribution in [0.25, 0.3) is 0 Å². The Morgan fingerprint density at radius 3 is 2.04 bits per heavy atom. The fourth-order valence-electron chi connectivity index (χ4n) is 1.72. The SMILES string of the molecule is CCOP(=O)(CS(=O)(=O)c1ccc(OCC(C)=O)cc1)OCC. The molecular formula is C14H21O7PS. The molecule has 130 valence electrons. The summed E-state index contributed by atoms with van der Waals surface area (Å²) in [4.78, 5) is 10.8. The van der Waals surface area contributed by atoms with Gasteiger partial charge in [-0.2, -0.15) is 0 Å². The number of ketones is 1. The van der Waals surface area contributed by atoms with E-state index in [9.17, 15) is 17.8 Å². The lowest BCUT2D eigenvalue weighted by Crippen LogP contribution is -2.11. The van der Waals surface area contributed by atoms with Gasteiger partial charge in [-0.05, 0) is 45.0 Å². The summed E-state index contributed by atoms with van der Waals surface area (Å²) >= 11 is 0. The van der Waals surface area contributed by atoms with Crippen LogP contribution < -0.4 is 4.74 Å². The number of sulfone groups is 1. The van der Waals surface area contributed by atoms with Crippen molar-refractivity contribution in [3.8, 4) is 5.75 Å². The van der Waals surface area contributed by atoms with Gasteiger partial charge in [0.05, 0.1) is 18.1 Å². The van der Waals surface area contributed by atoms with Gasteiger partial charge < -0.3 is 13.8 Å². The average Bonchev–Trinajstić information content (AvgIpc) is 2.45. The van der Waals surface area contributed by atoms with Crippen LogP contribution in [0.4, 0.5) is 0 Å². The van der Waals surface area contributed by atoms with Gasteiger partial charge in [-0.15, -0.1) is 0 Å². The largest absolute Gasteiger partial charge is 0.486 e. The summed E-state index contributed by atoms with van der Waals surface area (Å²) < 4.78 is 52.2. The molecule has 0 aliphatic rings. The van der Waals surface area contributed by atoms with Crippen molar-refractivity contribution in [3.63, 3.8) is 0 Å². The molecule has 0 amide bonds. The highest BCUT2D eigenvalue weighted by atomic mass is 32.2. The van der Waals surface area contributed by atoms with Crippen molar-refractivity contribution in [2.75, 3.05) is 25.3 Å². The molecule has 23 heavy (non-hydrogen) atoms. The first-order valence-electron chi connectivity index (χ1n) is 7.05. The highest BCUT2D eigenvalue weighted by molar-refractivity contribution is 7.97. The van der Waals surface area contributed by atoms with Gasteiger partial charge >= 0.3 is 7.60 Å². The Morgan fingerprint density at radius 2 is 1.61 bits per heavy atom. The molecule has 1 aromatic carbocycles. The van der Waals surface area contributed by atoms with Gasteiger partial charge in [0.2, 0.25) is 0 Å². The predicted octanol–water partition coefficient (Wildman–Crippen LogP) is 2.65. The van der Waals surface area contributed by atoms with Gasteiger partial charge in [-0.1, -0.05) is 0 Å². The predicted molar refractivity (Wildman–Crippen MR) is 85.5 cm³/mol. The van der Waals surface area contributed by atoms with E-state index < -0.39 is 22.9 Å². The van der Waals surface area contributed by atoms with Crippen molar-refractivity contribution >= 4 is 23.2 Å². The van der Waals surface area contributed by atoms with Gasteiger partial charge in [0.15, 0.2) is 21.1 Å². The Morgan fingerprint density at radius 1 is 1.09 bits per heavy atom. The summed E-state index contributed by atoms with van der Waals surface area (Å²) in [5.41, 5.74) is -0.727. The average molecular weight is 364 g/mol. The second-order valence-electron chi connectivity index (χ2n) is 4.65. The Hall–Kier alpha value is -1.21. The first-order chi connectivity index (χ1) is 10.7. The summed E-state index contributed by atoms with van der Waals surface area (Å²) in [7, 11) is -7.55. The molecule has 0 unspecified atom stereocenters. The third-order valence-electron chi connectivity index (χ3n) is 2.60. The van der Waals surface area contributed by atoms with E-state index in [2.05, 4.69) is 0 Å². The Balaban J connectivity index is 2.91. The van der Waals surface area contributed by atoms with Crippen LogP contribution >= 0.6 is 7.60 Å². The molecule has 0 saturated heterocycles. The molecule has 9 heteroatoms. The number of benzene rings is 1. The van der Waals surface area contributed by atoms with Crippen LogP contribution in [0.3, 0.4) is 0 Å². The van der Waals surface area contributed by atoms with Crippen molar-refractivity contribution in [1.82, 2.24) is 0 Å². The van der Waals surface area contributed by atoms with Gasteiger partial charge in [-0.25, -0.2) is 8.42 Å². The molecule has 0 atom stereocenters. The fraction of sp³-hybridized carbons (Fsp3) is 0.500. The quantitative estimate of drug-likeness (QED) is 0.589. The smallest absolute Gasteiger partial charge is 0.346 e. The van der Waals surface area contributed by atoms with Gasteiger partial charge in [-0.3, -0.25) is 9.36 Å². The van der Waals surface area contributed by atoms with Crippen LogP contribution in [0, 0.1) is 0 Å². The molecule has 0 radical (unpaired) electrons. The number of carbonyl (C=O) groups excluding carboxylic acids is 1. The highest BCUT2D eigenvalue weighted by Crippen LogP contribution is 2.50. The van der Waals surface area contributed by atoms with E-state index in [0.29, 0.717) is 5.75 Å². The van der Waals surface area contributed by atoms with Crippen LogP contribution in [-0.2, 0) is 28.2 Å². The Kier molecular flexibility index (Phi) is 7.41. The van der Waals surface area contributed by atoms with Gasteiger partial charge in [0, 0.05) is 0 Å².